The summed E-state index contributed by atoms with van der Waals surface area (Å²) in [6.07, 6.45) is 12.9. The average molecular weight is 859 g/mol. The van der Waals surface area contributed by atoms with Gasteiger partial charge in [-0.2, -0.15) is 0 Å². The van der Waals surface area contributed by atoms with Crippen LogP contribution in [0.4, 0.5) is 0 Å². The normalized spacial score (nSPS) is 11.8. The third-order valence-corrected chi connectivity index (χ3v) is 11.8. The molecule has 3 aromatic heterocycles. The van der Waals surface area contributed by atoms with Gasteiger partial charge in [0.2, 0.25) is 0 Å². The van der Waals surface area contributed by atoms with Gasteiger partial charge in [-0.3, -0.25) is 0 Å². The molecule has 64 heavy (non-hydrogen) atoms. The van der Waals surface area contributed by atoms with E-state index in [4.69, 9.17) is 48.9 Å². The molecule has 0 aliphatic carbocycles. The van der Waals surface area contributed by atoms with Crippen LogP contribution in [0.15, 0.2) is 72.8 Å². The van der Waals surface area contributed by atoms with E-state index in [0.29, 0.717) is 72.3 Å². The summed E-state index contributed by atoms with van der Waals surface area (Å²) in [4.78, 5) is 38.5. The second kappa shape index (κ2) is 19.9. The molecule has 0 amide bonds. The lowest BCUT2D eigenvalue weighted by Gasteiger charge is -2.07. The molecule has 12 nitrogen and oxygen atoms in total. The van der Waals surface area contributed by atoms with Crippen molar-refractivity contribution in [2.75, 3.05) is 26.4 Å². The highest BCUT2D eigenvalue weighted by Gasteiger charge is 2.24. The molecule has 0 saturated carbocycles. The summed E-state index contributed by atoms with van der Waals surface area (Å²) in [6.45, 7) is 11.3. The van der Waals surface area contributed by atoms with Gasteiger partial charge in [0.1, 0.15) is 45.6 Å². The highest BCUT2D eigenvalue weighted by atomic mass is 16.5. The molecule has 0 unspecified atom stereocenters. The first kappa shape index (κ1) is 42.7. The summed E-state index contributed by atoms with van der Waals surface area (Å²) in [6, 6.07) is 24.2. The standard InChI is InChI=1S/C52H58N8O4/c1-5-9-13-25-61-33-17-21-37-41(29-33)49-53-45(37)58-50-43-31-35(63-27-15-11-7-3)19-23-39(43)47(55-50)60-52-44-32-36(64-28-16-12-8-4)20-24-40(44)48(56-52)59-51-42-30-34(62-26-14-10-6-2)18-22-38(42)46(54-51)57-49/h17-24,29-32H,5-16,25-28H2,1-4H3,(H2,53,54,55,56,57,58,59,60). The summed E-state index contributed by atoms with van der Waals surface area (Å²) in [5, 5.41) is 3.46. The van der Waals surface area contributed by atoms with E-state index in [0.717, 1.165) is 144 Å². The van der Waals surface area contributed by atoms with Gasteiger partial charge in [0.05, 0.1) is 26.4 Å². The Morgan fingerprint density at radius 3 is 1.00 bits per heavy atom. The van der Waals surface area contributed by atoms with E-state index in [-0.39, 0.29) is 0 Å². The van der Waals surface area contributed by atoms with Crippen LogP contribution in [-0.4, -0.2) is 66.3 Å². The first-order valence-electron chi connectivity index (χ1n) is 23.4. The van der Waals surface area contributed by atoms with Gasteiger partial charge in [0.25, 0.3) is 0 Å². The molecule has 2 aliphatic heterocycles. The van der Waals surface area contributed by atoms with Gasteiger partial charge in [-0.15, -0.1) is 0 Å². The SMILES string of the molecule is CCCCCOc1ccc2c(c1)-c1nc-2nc2[nH]c(nc3nc(nc4[nH]c(n1)c1ccc(OCCCCC)cc41)-c1ccc(OCCCCC)cc1-3)c1ccc(OCCCCC)cc21. The van der Waals surface area contributed by atoms with Crippen LogP contribution in [0.3, 0.4) is 0 Å². The number of benzene rings is 4. The highest BCUT2D eigenvalue weighted by molar-refractivity contribution is 6.07. The third kappa shape index (κ3) is 9.23. The van der Waals surface area contributed by atoms with Gasteiger partial charge in [-0.05, 0) is 98.5 Å². The maximum Gasteiger partial charge on any atom is 0.164 e. The van der Waals surface area contributed by atoms with Crippen LogP contribution in [0.5, 0.6) is 23.0 Å². The lowest BCUT2D eigenvalue weighted by Crippen LogP contribution is -1.97. The molecule has 0 saturated heterocycles. The Morgan fingerprint density at radius 1 is 0.328 bits per heavy atom. The molecular weight excluding hydrogens is 801 g/mol. The molecule has 4 aromatic carbocycles. The zero-order valence-electron chi connectivity index (χ0n) is 37.6. The molecule has 2 aliphatic rings. The quantitative estimate of drug-likeness (QED) is 0.0710. The van der Waals surface area contributed by atoms with Crippen LogP contribution < -0.4 is 18.9 Å². The van der Waals surface area contributed by atoms with E-state index in [1.165, 1.54) is 0 Å². The van der Waals surface area contributed by atoms with Crippen molar-refractivity contribution in [2.24, 2.45) is 0 Å². The van der Waals surface area contributed by atoms with Crippen molar-refractivity contribution in [1.29, 1.82) is 0 Å². The molecule has 5 heterocycles. The van der Waals surface area contributed by atoms with E-state index in [1.54, 1.807) is 0 Å². The Morgan fingerprint density at radius 2 is 0.641 bits per heavy atom. The second-order valence-corrected chi connectivity index (χ2v) is 16.7. The molecule has 0 spiro atoms. The van der Waals surface area contributed by atoms with E-state index in [2.05, 4.69) is 37.7 Å². The van der Waals surface area contributed by atoms with Crippen LogP contribution in [0.1, 0.15) is 105 Å². The number of hydrogen-bond acceptors (Lipinski definition) is 10. The lowest BCUT2D eigenvalue weighted by atomic mass is 10.1. The molecule has 7 aromatic rings. The van der Waals surface area contributed by atoms with Crippen molar-refractivity contribution >= 4 is 44.1 Å². The zero-order chi connectivity index (χ0) is 43.8. The zero-order valence-corrected chi connectivity index (χ0v) is 37.6. The van der Waals surface area contributed by atoms with Gasteiger partial charge >= 0.3 is 0 Å². The minimum absolute atomic E-state index is 0.515. The molecule has 12 heteroatoms. The topological polar surface area (TPSA) is 146 Å². The Bertz CT molecular complexity index is 2740. The van der Waals surface area contributed by atoms with E-state index in [1.807, 2.05) is 72.8 Å². The van der Waals surface area contributed by atoms with E-state index >= 15 is 0 Å². The van der Waals surface area contributed by atoms with Crippen molar-refractivity contribution in [3.8, 4) is 68.5 Å². The average Bonchev–Trinajstić information content (AvgIpc) is 4.04. The Kier molecular flexibility index (Phi) is 13.3. The minimum Gasteiger partial charge on any atom is -0.494 e. The Labute approximate surface area is 374 Å². The Balaban J connectivity index is 1.29. The van der Waals surface area contributed by atoms with Gasteiger partial charge in [0.15, 0.2) is 23.3 Å². The summed E-state index contributed by atoms with van der Waals surface area (Å²) < 4.78 is 25.0. The van der Waals surface area contributed by atoms with Crippen molar-refractivity contribution < 1.29 is 18.9 Å². The molecule has 2 N–H and O–H groups in total. The molecule has 9 rings (SSSR count). The molecule has 0 radical (unpaired) electrons. The maximum atomic E-state index is 6.26. The number of ether oxygens (including phenoxy) is 4. The predicted molar refractivity (Wildman–Crippen MR) is 256 cm³/mol. The van der Waals surface area contributed by atoms with Crippen molar-refractivity contribution in [2.45, 2.75) is 105 Å². The monoisotopic (exact) mass is 858 g/mol. The fourth-order valence-electron chi connectivity index (χ4n) is 8.24. The molecular formula is C52H58N8O4. The van der Waals surface area contributed by atoms with Crippen molar-refractivity contribution in [3.05, 3.63) is 72.8 Å². The van der Waals surface area contributed by atoms with Gasteiger partial charge in [0, 0.05) is 43.8 Å². The van der Waals surface area contributed by atoms with Crippen LogP contribution in [0.2, 0.25) is 0 Å². The largest absolute Gasteiger partial charge is 0.494 e. The summed E-state index contributed by atoms with van der Waals surface area (Å²) in [5.74, 6) is 5.13. The van der Waals surface area contributed by atoms with Gasteiger partial charge in [-0.25, -0.2) is 29.9 Å². The van der Waals surface area contributed by atoms with Crippen LogP contribution >= 0.6 is 0 Å². The molecule has 330 valence electrons. The van der Waals surface area contributed by atoms with Crippen LogP contribution in [-0.2, 0) is 0 Å². The summed E-state index contributed by atoms with van der Waals surface area (Å²) in [7, 11) is 0. The first-order chi connectivity index (χ1) is 31.5. The van der Waals surface area contributed by atoms with Crippen molar-refractivity contribution in [3.63, 3.8) is 0 Å². The summed E-state index contributed by atoms with van der Waals surface area (Å²) in [5.41, 5.74) is 5.78. The van der Waals surface area contributed by atoms with Crippen LogP contribution in [0.25, 0.3) is 89.7 Å². The highest BCUT2D eigenvalue weighted by Crippen LogP contribution is 2.40. The molecule has 8 bridgehead atoms. The fourth-order valence-corrected chi connectivity index (χ4v) is 8.24. The number of aromatic amines is 2. The minimum atomic E-state index is 0.515. The van der Waals surface area contributed by atoms with Crippen LogP contribution in [0, 0.1) is 0 Å². The number of unbranched alkanes of at least 4 members (excludes halogenated alkanes) is 8. The fraction of sp³-hybridized carbons (Fsp3) is 0.385. The number of H-pyrrole nitrogens is 2. The molecule has 0 atom stereocenters. The van der Waals surface area contributed by atoms with E-state index in [9.17, 15) is 0 Å². The second-order valence-electron chi connectivity index (χ2n) is 16.7. The predicted octanol–water partition coefficient (Wildman–Crippen LogP) is 13.1. The van der Waals surface area contributed by atoms with E-state index < -0.39 is 0 Å². The Hall–Kier alpha value is -6.56. The first-order valence-corrected chi connectivity index (χ1v) is 23.4. The number of nitrogens with zero attached hydrogens (tertiary/aromatic N) is 6. The third-order valence-electron chi connectivity index (χ3n) is 11.8. The number of aromatic nitrogens is 8. The molecule has 0 fully saturated rings. The number of nitrogens with one attached hydrogen (secondary N) is 2. The number of fused-ring (bicyclic) bond motifs is 20. The number of rotatable bonds is 20. The van der Waals surface area contributed by atoms with Crippen molar-refractivity contribution in [1.82, 2.24) is 39.9 Å². The van der Waals surface area contributed by atoms with Gasteiger partial charge < -0.3 is 28.9 Å². The maximum absolute atomic E-state index is 6.26. The smallest absolute Gasteiger partial charge is 0.164 e. The van der Waals surface area contributed by atoms with Gasteiger partial charge in [-0.1, -0.05) is 79.1 Å². The lowest BCUT2D eigenvalue weighted by molar-refractivity contribution is 0.306. The number of hydrogen-bond donors (Lipinski definition) is 2. The summed E-state index contributed by atoms with van der Waals surface area (Å²) >= 11 is 0.